The Labute approximate surface area is 212 Å². The lowest BCUT2D eigenvalue weighted by molar-refractivity contribution is -0.159. The Hall–Kier alpha value is -3.35. The zero-order valence-electron chi connectivity index (χ0n) is 20.6. The first-order valence-corrected chi connectivity index (χ1v) is 13.1. The first-order valence-electron chi connectivity index (χ1n) is 13.1. The number of esters is 1. The lowest BCUT2D eigenvalue weighted by Gasteiger charge is -2.42. The predicted octanol–water partition coefficient (Wildman–Crippen LogP) is 3.99. The highest BCUT2D eigenvalue weighted by Crippen LogP contribution is 2.40. The Morgan fingerprint density at radius 3 is 2.44 bits per heavy atom. The fraction of sp³-hybridized carbons (Fsp3) is 0.483. The molecule has 5 rings (SSSR count). The van der Waals surface area contributed by atoms with Crippen molar-refractivity contribution >= 4 is 17.8 Å². The van der Waals surface area contributed by atoms with Gasteiger partial charge < -0.3 is 19.6 Å². The average Bonchev–Trinajstić information content (AvgIpc) is 3.31. The van der Waals surface area contributed by atoms with Crippen LogP contribution in [0, 0.1) is 11.8 Å². The van der Waals surface area contributed by atoms with Crippen molar-refractivity contribution in [1.29, 1.82) is 0 Å². The van der Waals surface area contributed by atoms with E-state index in [1.165, 1.54) is 0 Å². The maximum Gasteiger partial charge on any atom is 0.310 e. The number of rotatable bonds is 6. The van der Waals surface area contributed by atoms with E-state index in [0.29, 0.717) is 45.3 Å². The monoisotopic (exact) mass is 490 g/mol. The summed E-state index contributed by atoms with van der Waals surface area (Å²) >= 11 is 0. The number of nitrogens with zero attached hydrogens (tertiary/aromatic N) is 2. The smallest absolute Gasteiger partial charge is 0.310 e. The van der Waals surface area contributed by atoms with Crippen molar-refractivity contribution < 1.29 is 24.2 Å². The van der Waals surface area contributed by atoms with Crippen LogP contribution in [-0.2, 0) is 32.1 Å². The maximum absolute atomic E-state index is 14.1. The molecule has 0 aromatic heterocycles. The molecule has 0 bridgehead atoms. The Balaban J connectivity index is 1.37. The van der Waals surface area contributed by atoms with Crippen molar-refractivity contribution in [3.63, 3.8) is 0 Å². The summed E-state index contributed by atoms with van der Waals surface area (Å²) < 4.78 is 5.66. The number of carbonyl (C=O) groups is 3. The largest absolute Gasteiger partial charge is 0.508 e. The first kappa shape index (κ1) is 24.3. The summed E-state index contributed by atoms with van der Waals surface area (Å²) in [4.78, 5) is 43.3. The summed E-state index contributed by atoms with van der Waals surface area (Å²) in [7, 11) is 0. The molecule has 7 heteroatoms. The zero-order chi connectivity index (χ0) is 25.1. The molecule has 2 aromatic carbocycles. The van der Waals surface area contributed by atoms with Crippen molar-refractivity contribution in [2.24, 2.45) is 11.8 Å². The molecule has 0 unspecified atom stereocenters. The molecule has 1 saturated heterocycles. The highest BCUT2D eigenvalue weighted by Gasteiger charge is 2.43. The molecule has 0 spiro atoms. The molecule has 1 saturated carbocycles. The molecule has 0 radical (unpaired) electrons. The predicted molar refractivity (Wildman–Crippen MR) is 134 cm³/mol. The van der Waals surface area contributed by atoms with Crippen LogP contribution >= 0.6 is 0 Å². The van der Waals surface area contributed by atoms with Gasteiger partial charge in [-0.1, -0.05) is 55.3 Å². The van der Waals surface area contributed by atoms with Gasteiger partial charge in [-0.05, 0) is 42.9 Å². The summed E-state index contributed by atoms with van der Waals surface area (Å²) in [5.74, 6) is -1.07. The van der Waals surface area contributed by atoms with Crippen LogP contribution in [-0.4, -0.2) is 52.3 Å². The summed E-state index contributed by atoms with van der Waals surface area (Å²) in [6.45, 7) is 1.73. The molecule has 3 atom stereocenters. The molecule has 2 aromatic rings. The van der Waals surface area contributed by atoms with E-state index in [-0.39, 0.29) is 30.1 Å². The van der Waals surface area contributed by atoms with Gasteiger partial charge >= 0.3 is 5.97 Å². The van der Waals surface area contributed by atoms with Crippen LogP contribution in [0.5, 0.6) is 5.75 Å². The van der Waals surface area contributed by atoms with E-state index in [9.17, 15) is 19.5 Å². The minimum Gasteiger partial charge on any atom is -0.508 e. The summed E-state index contributed by atoms with van der Waals surface area (Å²) in [5, 5.41) is 10.8. The minimum atomic E-state index is -0.477. The Morgan fingerprint density at radius 1 is 0.917 bits per heavy atom. The molecule has 7 nitrogen and oxygen atoms in total. The van der Waals surface area contributed by atoms with Crippen LogP contribution < -0.4 is 0 Å². The molecule has 2 amide bonds. The summed E-state index contributed by atoms with van der Waals surface area (Å²) in [6, 6.07) is 14.6. The van der Waals surface area contributed by atoms with Crippen molar-refractivity contribution in [3.05, 3.63) is 65.2 Å². The molecule has 1 N–H and O–H groups in total. The maximum atomic E-state index is 14.1. The quantitative estimate of drug-likeness (QED) is 0.619. The van der Waals surface area contributed by atoms with E-state index in [0.717, 1.165) is 36.0 Å². The molecular formula is C29H34N2O5. The fourth-order valence-electron chi connectivity index (χ4n) is 6.07. The van der Waals surface area contributed by atoms with Crippen LogP contribution in [0.25, 0.3) is 0 Å². The number of hydrogen-bond donors (Lipinski definition) is 1. The van der Waals surface area contributed by atoms with E-state index < -0.39 is 17.9 Å². The van der Waals surface area contributed by atoms with Gasteiger partial charge in [-0.15, -0.1) is 0 Å². The zero-order valence-corrected chi connectivity index (χ0v) is 20.6. The fourth-order valence-corrected chi connectivity index (χ4v) is 6.07. The van der Waals surface area contributed by atoms with Crippen LogP contribution in [0.3, 0.4) is 0 Å². The van der Waals surface area contributed by atoms with Crippen molar-refractivity contribution in [2.75, 3.05) is 19.6 Å². The first-order chi connectivity index (χ1) is 17.5. The number of benzene rings is 2. The van der Waals surface area contributed by atoms with E-state index >= 15 is 0 Å². The minimum absolute atomic E-state index is 0.0677. The number of ether oxygens (including phenoxy) is 1. The van der Waals surface area contributed by atoms with Gasteiger partial charge in [-0.2, -0.15) is 0 Å². The van der Waals surface area contributed by atoms with Gasteiger partial charge in [-0.25, -0.2) is 0 Å². The van der Waals surface area contributed by atoms with Gasteiger partial charge in [0.2, 0.25) is 11.8 Å². The molecule has 2 fully saturated rings. The molecule has 1 aliphatic carbocycles. The molecule has 2 aliphatic heterocycles. The Kier molecular flexibility index (Phi) is 7.25. The highest BCUT2D eigenvalue weighted by atomic mass is 16.5. The molecule has 36 heavy (non-hydrogen) atoms. The van der Waals surface area contributed by atoms with E-state index in [2.05, 4.69) is 0 Å². The van der Waals surface area contributed by atoms with Gasteiger partial charge in [0.25, 0.3) is 0 Å². The van der Waals surface area contributed by atoms with E-state index in [1.807, 2.05) is 47.4 Å². The number of phenols is 1. The van der Waals surface area contributed by atoms with Crippen molar-refractivity contribution in [2.45, 2.75) is 57.6 Å². The topological polar surface area (TPSA) is 87.2 Å². The molecule has 190 valence electrons. The van der Waals surface area contributed by atoms with Crippen LogP contribution in [0.2, 0.25) is 0 Å². The number of likely N-dealkylation sites (tertiary alicyclic amines) is 1. The second-order valence-electron chi connectivity index (χ2n) is 10.2. The van der Waals surface area contributed by atoms with Crippen LogP contribution in [0.4, 0.5) is 0 Å². The lowest BCUT2D eigenvalue weighted by Crippen LogP contribution is -2.50. The second kappa shape index (κ2) is 10.7. The highest BCUT2D eigenvalue weighted by molar-refractivity contribution is 5.86. The third-order valence-corrected chi connectivity index (χ3v) is 7.96. The van der Waals surface area contributed by atoms with Gasteiger partial charge in [0, 0.05) is 31.6 Å². The van der Waals surface area contributed by atoms with Gasteiger partial charge in [0.05, 0.1) is 17.9 Å². The molecule has 3 aliphatic rings. The summed E-state index contributed by atoms with van der Waals surface area (Å²) in [5.41, 5.74) is 2.66. The number of phenolic OH excluding ortho intramolecular Hbond substituents is 1. The van der Waals surface area contributed by atoms with Gasteiger partial charge in [-0.3, -0.25) is 14.4 Å². The Morgan fingerprint density at radius 2 is 1.69 bits per heavy atom. The van der Waals surface area contributed by atoms with E-state index in [4.69, 9.17) is 4.74 Å². The normalized spacial score (nSPS) is 23.9. The third-order valence-electron chi connectivity index (χ3n) is 7.96. The number of fused-ring (bicyclic) bond motifs is 1. The van der Waals surface area contributed by atoms with E-state index in [1.54, 1.807) is 11.0 Å². The number of hydrogen-bond acceptors (Lipinski definition) is 5. The van der Waals surface area contributed by atoms with Gasteiger partial charge in [0.1, 0.15) is 12.4 Å². The van der Waals surface area contributed by atoms with Crippen LogP contribution in [0.1, 0.15) is 61.3 Å². The standard InChI is InChI=1S/C29H34N2O5/c32-25-13-6-10-21-15-17-31(24(27(21)25)18-30-16-7-14-26(30)33)28(34)22-11-4-5-12-23(22)29(35)36-19-20-8-2-1-3-9-20/h1-3,6,8-10,13,22-24,32H,4-5,7,11-12,14-19H2/t22-,23+,24-/m1/s1. The van der Waals surface area contributed by atoms with Crippen molar-refractivity contribution in [3.8, 4) is 5.75 Å². The van der Waals surface area contributed by atoms with Crippen molar-refractivity contribution in [1.82, 2.24) is 9.80 Å². The number of amides is 2. The SMILES string of the molecule is O=C(OCc1ccccc1)[C@H]1CCCC[C@H]1C(=O)N1CCc2cccc(O)c2[C@H]1CN1CCCC1=O. The Bertz CT molecular complexity index is 1120. The molecular weight excluding hydrogens is 456 g/mol. The molecule has 2 heterocycles. The number of aromatic hydroxyl groups is 1. The third kappa shape index (κ3) is 4.97. The van der Waals surface area contributed by atoms with Gasteiger partial charge in [0.15, 0.2) is 0 Å². The lowest BCUT2D eigenvalue weighted by atomic mass is 9.77. The summed E-state index contributed by atoms with van der Waals surface area (Å²) in [6.07, 6.45) is 5.03. The number of carbonyl (C=O) groups excluding carboxylic acids is 3. The second-order valence-corrected chi connectivity index (χ2v) is 10.2. The van der Waals surface area contributed by atoms with Crippen LogP contribution in [0.15, 0.2) is 48.5 Å². The average molecular weight is 491 g/mol.